The van der Waals surface area contributed by atoms with E-state index < -0.39 is 0 Å². The zero-order valence-corrected chi connectivity index (χ0v) is 14.7. The molecule has 1 aliphatic rings. The van der Waals surface area contributed by atoms with Crippen molar-refractivity contribution in [3.05, 3.63) is 47.0 Å². The van der Waals surface area contributed by atoms with E-state index in [1.807, 2.05) is 13.8 Å². The second kappa shape index (κ2) is 7.33. The van der Waals surface area contributed by atoms with Gasteiger partial charge >= 0.3 is 0 Å². The Kier molecular flexibility index (Phi) is 5.15. The van der Waals surface area contributed by atoms with Crippen molar-refractivity contribution < 1.29 is 18.7 Å². The summed E-state index contributed by atoms with van der Waals surface area (Å²) < 4.78 is 26.4. The molecule has 0 aliphatic carbocycles. The standard InChI is InChI=1S/C18H22FN3O3/c1-12-18(16-10-25-9-8-21(16)17(23)11-24-3)13(2)22(20-12)15-7-5-4-6-14(15)19/h4-7,16H,8-11H2,1-3H3/t16-/m0/s1. The summed E-state index contributed by atoms with van der Waals surface area (Å²) in [6.45, 7) is 5.15. The average molecular weight is 347 g/mol. The maximum Gasteiger partial charge on any atom is 0.249 e. The van der Waals surface area contributed by atoms with Gasteiger partial charge in [0.15, 0.2) is 0 Å². The molecule has 1 aromatic carbocycles. The van der Waals surface area contributed by atoms with Crippen LogP contribution in [-0.4, -0.2) is 54.1 Å². The van der Waals surface area contributed by atoms with E-state index in [0.717, 1.165) is 17.0 Å². The number of halogens is 1. The number of hydrogen-bond donors (Lipinski definition) is 0. The Hall–Kier alpha value is -2.25. The van der Waals surface area contributed by atoms with Crippen molar-refractivity contribution >= 4 is 5.91 Å². The summed E-state index contributed by atoms with van der Waals surface area (Å²) in [6, 6.07) is 6.25. The Morgan fingerprint density at radius 1 is 1.40 bits per heavy atom. The Morgan fingerprint density at radius 2 is 2.16 bits per heavy atom. The minimum atomic E-state index is -0.341. The third-order valence-electron chi connectivity index (χ3n) is 4.48. The molecule has 0 radical (unpaired) electrons. The summed E-state index contributed by atoms with van der Waals surface area (Å²) in [5, 5.41) is 4.51. The number of para-hydroxylation sites is 1. The third-order valence-corrected chi connectivity index (χ3v) is 4.48. The fraction of sp³-hybridized carbons (Fsp3) is 0.444. The van der Waals surface area contributed by atoms with Crippen LogP contribution in [0.5, 0.6) is 0 Å². The molecule has 1 amide bonds. The molecule has 1 atom stereocenters. The van der Waals surface area contributed by atoms with Gasteiger partial charge in [0.05, 0.1) is 24.9 Å². The molecule has 0 bridgehead atoms. The van der Waals surface area contributed by atoms with Gasteiger partial charge in [0.1, 0.15) is 18.1 Å². The van der Waals surface area contributed by atoms with Crippen LogP contribution in [0.15, 0.2) is 24.3 Å². The summed E-state index contributed by atoms with van der Waals surface area (Å²) in [7, 11) is 1.50. The van der Waals surface area contributed by atoms with Crippen molar-refractivity contribution in [1.29, 1.82) is 0 Å². The lowest BCUT2D eigenvalue weighted by molar-refractivity contribution is -0.144. The molecule has 1 saturated heterocycles. The first-order valence-corrected chi connectivity index (χ1v) is 8.21. The van der Waals surface area contributed by atoms with Gasteiger partial charge in [-0.1, -0.05) is 12.1 Å². The molecular formula is C18H22FN3O3. The van der Waals surface area contributed by atoms with E-state index in [2.05, 4.69) is 5.10 Å². The smallest absolute Gasteiger partial charge is 0.249 e. The van der Waals surface area contributed by atoms with Gasteiger partial charge in [-0.3, -0.25) is 4.79 Å². The van der Waals surface area contributed by atoms with Gasteiger partial charge in [-0.25, -0.2) is 9.07 Å². The van der Waals surface area contributed by atoms with Crippen LogP contribution < -0.4 is 0 Å². The number of amides is 1. The lowest BCUT2D eigenvalue weighted by atomic mass is 10.0. The highest BCUT2D eigenvalue weighted by Crippen LogP contribution is 2.31. The number of ether oxygens (including phenoxy) is 2. The molecule has 1 fully saturated rings. The first kappa shape index (κ1) is 17.6. The first-order valence-electron chi connectivity index (χ1n) is 8.21. The zero-order valence-electron chi connectivity index (χ0n) is 14.7. The van der Waals surface area contributed by atoms with Gasteiger partial charge in [0, 0.05) is 24.9 Å². The van der Waals surface area contributed by atoms with Gasteiger partial charge < -0.3 is 14.4 Å². The van der Waals surface area contributed by atoms with E-state index in [1.54, 1.807) is 27.8 Å². The molecule has 0 spiro atoms. The lowest BCUT2D eigenvalue weighted by Crippen LogP contribution is -2.45. The van der Waals surface area contributed by atoms with Crippen molar-refractivity contribution in [3.8, 4) is 5.69 Å². The summed E-state index contributed by atoms with van der Waals surface area (Å²) in [5.74, 6) is -0.430. The average Bonchev–Trinajstić information content (AvgIpc) is 2.90. The molecule has 1 aromatic heterocycles. The van der Waals surface area contributed by atoms with Gasteiger partial charge in [-0.05, 0) is 26.0 Å². The molecule has 6 nitrogen and oxygen atoms in total. The SMILES string of the molecule is COCC(=O)N1CCOC[C@H]1c1c(C)nn(-c2ccccc2F)c1C. The van der Waals surface area contributed by atoms with Gasteiger partial charge in [-0.15, -0.1) is 0 Å². The topological polar surface area (TPSA) is 56.6 Å². The molecule has 0 saturated carbocycles. The van der Waals surface area contributed by atoms with E-state index >= 15 is 0 Å². The largest absolute Gasteiger partial charge is 0.377 e. The van der Waals surface area contributed by atoms with Crippen LogP contribution in [0.25, 0.3) is 5.69 Å². The van der Waals surface area contributed by atoms with Crippen molar-refractivity contribution in [2.45, 2.75) is 19.9 Å². The Labute approximate surface area is 146 Å². The minimum Gasteiger partial charge on any atom is -0.377 e. The number of rotatable bonds is 4. The fourth-order valence-electron chi connectivity index (χ4n) is 3.34. The molecule has 3 rings (SSSR count). The lowest BCUT2D eigenvalue weighted by Gasteiger charge is -2.36. The van der Waals surface area contributed by atoms with Crippen LogP contribution in [0, 0.1) is 19.7 Å². The molecule has 0 N–H and O–H groups in total. The molecule has 0 unspecified atom stereocenters. The number of methoxy groups -OCH3 is 1. The van der Waals surface area contributed by atoms with E-state index in [9.17, 15) is 9.18 Å². The number of aryl methyl sites for hydroxylation is 1. The molecule has 1 aliphatic heterocycles. The van der Waals surface area contributed by atoms with Gasteiger partial charge in [0.2, 0.25) is 5.91 Å². The van der Waals surface area contributed by atoms with Crippen molar-refractivity contribution in [2.75, 3.05) is 33.5 Å². The van der Waals surface area contributed by atoms with Crippen molar-refractivity contribution in [3.63, 3.8) is 0 Å². The van der Waals surface area contributed by atoms with Crippen molar-refractivity contribution in [1.82, 2.24) is 14.7 Å². The molecule has 25 heavy (non-hydrogen) atoms. The quantitative estimate of drug-likeness (QED) is 0.851. The number of nitrogens with zero attached hydrogens (tertiary/aromatic N) is 3. The number of benzene rings is 1. The van der Waals surface area contributed by atoms with E-state index in [4.69, 9.17) is 9.47 Å². The number of aromatic nitrogens is 2. The zero-order chi connectivity index (χ0) is 18.0. The fourth-order valence-corrected chi connectivity index (χ4v) is 3.34. The summed E-state index contributed by atoms with van der Waals surface area (Å²) in [5.41, 5.74) is 2.84. The van der Waals surface area contributed by atoms with Gasteiger partial charge in [-0.2, -0.15) is 5.10 Å². The molecule has 2 aromatic rings. The number of carbonyl (C=O) groups excluding carboxylic acids is 1. The normalized spacial score (nSPS) is 17.8. The molecule has 134 valence electrons. The molecular weight excluding hydrogens is 325 g/mol. The number of hydrogen-bond acceptors (Lipinski definition) is 4. The number of carbonyl (C=O) groups is 1. The van der Waals surface area contributed by atoms with Crippen LogP contribution in [0.2, 0.25) is 0 Å². The van der Waals surface area contributed by atoms with Crippen molar-refractivity contribution in [2.24, 2.45) is 0 Å². The summed E-state index contributed by atoms with van der Waals surface area (Å²) >= 11 is 0. The number of morpholine rings is 1. The van der Waals surface area contributed by atoms with E-state index in [-0.39, 0.29) is 24.4 Å². The molecule has 2 heterocycles. The highest BCUT2D eigenvalue weighted by atomic mass is 19.1. The summed E-state index contributed by atoms with van der Waals surface area (Å²) in [6.07, 6.45) is 0. The first-order chi connectivity index (χ1) is 12.0. The molecule has 7 heteroatoms. The Balaban J connectivity index is 2.02. The summed E-state index contributed by atoms with van der Waals surface area (Å²) in [4.78, 5) is 14.2. The van der Waals surface area contributed by atoms with Crippen LogP contribution in [0.4, 0.5) is 4.39 Å². The highest BCUT2D eigenvalue weighted by molar-refractivity contribution is 5.78. The third kappa shape index (κ3) is 3.29. The monoisotopic (exact) mass is 347 g/mol. The predicted octanol–water partition coefficient (Wildman–Crippen LogP) is 2.17. The minimum absolute atomic E-state index is 0.0239. The maximum atomic E-state index is 14.2. The Morgan fingerprint density at radius 3 is 2.88 bits per heavy atom. The second-order valence-electron chi connectivity index (χ2n) is 6.06. The van der Waals surface area contributed by atoms with Gasteiger partial charge in [0.25, 0.3) is 0 Å². The van der Waals surface area contributed by atoms with Crippen LogP contribution in [0.3, 0.4) is 0 Å². The van der Waals surface area contributed by atoms with Crippen LogP contribution in [-0.2, 0) is 14.3 Å². The highest BCUT2D eigenvalue weighted by Gasteiger charge is 2.32. The van der Waals surface area contributed by atoms with Crippen LogP contribution >= 0.6 is 0 Å². The van der Waals surface area contributed by atoms with E-state index in [1.165, 1.54) is 13.2 Å². The predicted molar refractivity (Wildman–Crippen MR) is 90.1 cm³/mol. The maximum absolute atomic E-state index is 14.2. The van der Waals surface area contributed by atoms with Crippen LogP contribution in [0.1, 0.15) is 23.0 Å². The second-order valence-corrected chi connectivity index (χ2v) is 6.06. The Bertz CT molecular complexity index is 775. The van der Waals surface area contributed by atoms with E-state index in [0.29, 0.717) is 25.4 Å².